The molecule has 4 aliphatic rings. The van der Waals surface area contributed by atoms with Crippen LogP contribution < -0.4 is 4.90 Å². The summed E-state index contributed by atoms with van der Waals surface area (Å²) in [6.45, 7) is 18.8. The molecule has 1 heteroatoms. The molecule has 0 saturated heterocycles. The van der Waals surface area contributed by atoms with Crippen LogP contribution in [0.5, 0.6) is 0 Å². The molecule has 4 aliphatic carbocycles. The first-order valence-electron chi connectivity index (χ1n) is 25.0. The van der Waals surface area contributed by atoms with E-state index < -0.39 is 5.41 Å². The molecule has 8 aromatic carbocycles. The highest BCUT2D eigenvalue weighted by atomic mass is 15.1. The lowest BCUT2D eigenvalue weighted by Gasteiger charge is -2.34. The van der Waals surface area contributed by atoms with Crippen LogP contribution in [0.15, 0.2) is 170 Å². The summed E-state index contributed by atoms with van der Waals surface area (Å²) in [7, 11) is 0. The summed E-state index contributed by atoms with van der Waals surface area (Å²) < 4.78 is 0. The topological polar surface area (TPSA) is 3.24 Å². The van der Waals surface area contributed by atoms with Crippen molar-refractivity contribution in [2.75, 3.05) is 4.90 Å². The third kappa shape index (κ3) is 6.40. The summed E-state index contributed by atoms with van der Waals surface area (Å²) in [6.07, 6.45) is 6.73. The van der Waals surface area contributed by atoms with Gasteiger partial charge in [0, 0.05) is 22.5 Å². The van der Waals surface area contributed by atoms with Gasteiger partial charge in [-0.3, -0.25) is 0 Å². The average Bonchev–Trinajstić information content (AvgIpc) is 3.89. The molecule has 332 valence electrons. The summed E-state index contributed by atoms with van der Waals surface area (Å²) >= 11 is 0. The minimum atomic E-state index is -0.491. The molecule has 67 heavy (non-hydrogen) atoms. The van der Waals surface area contributed by atoms with Crippen molar-refractivity contribution in [1.29, 1.82) is 0 Å². The Balaban J connectivity index is 1.07. The number of benzene rings is 8. The Morgan fingerprint density at radius 2 is 0.836 bits per heavy atom. The van der Waals surface area contributed by atoms with Crippen molar-refractivity contribution in [3.8, 4) is 44.5 Å². The average molecular weight is 870 g/mol. The van der Waals surface area contributed by atoms with Crippen molar-refractivity contribution >= 4 is 17.1 Å². The fourth-order valence-electron chi connectivity index (χ4n) is 12.7. The minimum Gasteiger partial charge on any atom is -0.310 e. The van der Waals surface area contributed by atoms with Gasteiger partial charge < -0.3 is 4.90 Å². The van der Waals surface area contributed by atoms with Crippen LogP contribution in [0.3, 0.4) is 0 Å². The van der Waals surface area contributed by atoms with Crippen LogP contribution in [0.4, 0.5) is 17.1 Å². The molecule has 0 N–H and O–H groups in total. The van der Waals surface area contributed by atoms with E-state index in [1.165, 1.54) is 127 Å². The lowest BCUT2D eigenvalue weighted by atomic mass is 9.68. The van der Waals surface area contributed by atoms with Crippen LogP contribution in [0.1, 0.15) is 143 Å². The fraction of sp³-hybridized carbons (Fsp3) is 0.273. The second kappa shape index (κ2) is 15.0. The van der Waals surface area contributed by atoms with Gasteiger partial charge in [0.15, 0.2) is 0 Å². The number of hydrogen-bond acceptors (Lipinski definition) is 1. The molecule has 0 aliphatic heterocycles. The zero-order valence-corrected chi connectivity index (χ0v) is 40.7. The van der Waals surface area contributed by atoms with Crippen LogP contribution in [-0.2, 0) is 21.7 Å². The van der Waals surface area contributed by atoms with E-state index in [9.17, 15) is 0 Å². The third-order valence-corrected chi connectivity index (χ3v) is 16.4. The maximum atomic E-state index is 2.56. The Kier molecular flexibility index (Phi) is 9.41. The molecule has 12 rings (SSSR count). The summed E-state index contributed by atoms with van der Waals surface area (Å²) in [4.78, 5) is 2.52. The second-order valence-corrected chi connectivity index (χ2v) is 22.8. The summed E-state index contributed by atoms with van der Waals surface area (Å²) in [6, 6.07) is 66.4. The highest BCUT2D eigenvalue weighted by Gasteiger charge is 2.52. The van der Waals surface area contributed by atoms with E-state index in [4.69, 9.17) is 0 Å². The molecule has 1 nitrogen and oxygen atoms in total. The lowest BCUT2D eigenvalue weighted by molar-refractivity contribution is 0.443. The first kappa shape index (κ1) is 42.0. The molecular formula is C66H63N. The number of hydrogen-bond donors (Lipinski definition) is 0. The standard InChI is InChI=1S/C66H63N/c1-63(2,3)46-28-34-53-54-35-29-47(64(4,5)6)39-61(54)66(60(53)38-46)59-21-15-13-18-51(59)55-36-32-50(41-62(55)66)67(49-33-37-58-56(40-49)52-19-12-14-20-57(52)65(58,7)8)48-30-26-45(27-31-48)44-24-22-43(23-25-44)42-16-10-9-11-17-42/h12-15,18-42H,9-11,16-17H2,1-8H3. The molecule has 8 aromatic rings. The highest BCUT2D eigenvalue weighted by Crippen LogP contribution is 2.64. The van der Waals surface area contributed by atoms with Crippen molar-refractivity contribution in [1.82, 2.24) is 0 Å². The normalized spacial score (nSPS) is 16.2. The quantitative estimate of drug-likeness (QED) is 0.167. The summed E-state index contributed by atoms with van der Waals surface area (Å²) in [5, 5.41) is 0. The van der Waals surface area contributed by atoms with Gasteiger partial charge in [0.1, 0.15) is 0 Å². The van der Waals surface area contributed by atoms with Gasteiger partial charge in [-0.2, -0.15) is 0 Å². The zero-order valence-electron chi connectivity index (χ0n) is 40.7. The molecule has 0 radical (unpaired) electrons. The van der Waals surface area contributed by atoms with E-state index in [2.05, 4.69) is 230 Å². The van der Waals surface area contributed by atoms with Gasteiger partial charge in [0.05, 0.1) is 5.41 Å². The van der Waals surface area contributed by atoms with Gasteiger partial charge >= 0.3 is 0 Å². The monoisotopic (exact) mass is 869 g/mol. The van der Waals surface area contributed by atoms with Crippen LogP contribution in [0, 0.1) is 0 Å². The van der Waals surface area contributed by atoms with E-state index in [1.807, 2.05) is 0 Å². The molecule has 0 bridgehead atoms. The van der Waals surface area contributed by atoms with Crippen molar-refractivity contribution in [2.45, 2.75) is 115 Å². The van der Waals surface area contributed by atoms with Crippen molar-refractivity contribution in [3.63, 3.8) is 0 Å². The van der Waals surface area contributed by atoms with Crippen molar-refractivity contribution in [3.05, 3.63) is 220 Å². The van der Waals surface area contributed by atoms with Crippen LogP contribution in [0.2, 0.25) is 0 Å². The molecule has 0 heterocycles. The Bertz CT molecular complexity index is 3180. The van der Waals surface area contributed by atoms with E-state index in [0.717, 1.165) is 17.1 Å². The van der Waals surface area contributed by atoms with Crippen LogP contribution in [-0.4, -0.2) is 0 Å². The van der Waals surface area contributed by atoms with Gasteiger partial charge in [-0.15, -0.1) is 0 Å². The van der Waals surface area contributed by atoms with Gasteiger partial charge in [-0.1, -0.05) is 208 Å². The molecule has 0 amide bonds. The Morgan fingerprint density at radius 1 is 0.388 bits per heavy atom. The van der Waals surface area contributed by atoms with Gasteiger partial charge in [0.25, 0.3) is 0 Å². The maximum absolute atomic E-state index is 2.56. The van der Waals surface area contributed by atoms with Gasteiger partial charge in [-0.05, 0) is 161 Å². The highest BCUT2D eigenvalue weighted by molar-refractivity contribution is 5.97. The Labute approximate surface area is 399 Å². The number of nitrogens with zero attached hydrogens (tertiary/aromatic N) is 1. The Morgan fingerprint density at radius 3 is 1.43 bits per heavy atom. The van der Waals surface area contributed by atoms with Gasteiger partial charge in [0.2, 0.25) is 0 Å². The molecule has 1 fully saturated rings. The summed E-state index contributed by atoms with van der Waals surface area (Å²) in [5.74, 6) is 0.704. The molecule has 0 atom stereocenters. The Hall–Kier alpha value is -6.44. The predicted molar refractivity (Wildman–Crippen MR) is 284 cm³/mol. The van der Waals surface area contributed by atoms with Crippen molar-refractivity contribution in [2.24, 2.45) is 0 Å². The first-order valence-corrected chi connectivity index (χ1v) is 25.0. The van der Waals surface area contributed by atoms with Gasteiger partial charge in [-0.25, -0.2) is 0 Å². The predicted octanol–water partition coefficient (Wildman–Crippen LogP) is 18.1. The molecule has 1 saturated carbocycles. The summed E-state index contributed by atoms with van der Waals surface area (Å²) in [5.41, 5.74) is 25.9. The number of rotatable bonds is 5. The van der Waals surface area contributed by atoms with E-state index in [0.29, 0.717) is 5.92 Å². The minimum absolute atomic E-state index is 0.00843. The molecule has 1 spiro atoms. The van der Waals surface area contributed by atoms with Crippen molar-refractivity contribution < 1.29 is 0 Å². The van der Waals surface area contributed by atoms with E-state index in [-0.39, 0.29) is 16.2 Å². The zero-order chi connectivity index (χ0) is 46.0. The number of anilines is 3. The maximum Gasteiger partial charge on any atom is 0.0726 e. The molecule has 0 aromatic heterocycles. The number of fused-ring (bicyclic) bond motifs is 13. The lowest BCUT2D eigenvalue weighted by Crippen LogP contribution is -2.27. The molecule has 0 unspecified atom stereocenters. The molecular weight excluding hydrogens is 807 g/mol. The SMILES string of the molecule is CC(C)(C)c1ccc2c(c1)C1(c3ccccc3-c3ccc(N(c4ccc(-c5ccc(C6CCCCC6)cc5)cc4)c4ccc5c(c4)-c4ccccc4C5(C)C)cc31)c1cc(C(C)(C)C)ccc1-2. The fourth-order valence-corrected chi connectivity index (χ4v) is 12.7. The largest absolute Gasteiger partial charge is 0.310 e. The van der Waals surface area contributed by atoms with Crippen LogP contribution in [0.25, 0.3) is 44.5 Å². The third-order valence-electron chi connectivity index (χ3n) is 16.4. The van der Waals surface area contributed by atoms with E-state index in [1.54, 1.807) is 0 Å². The van der Waals surface area contributed by atoms with E-state index >= 15 is 0 Å². The second-order valence-electron chi connectivity index (χ2n) is 22.8. The smallest absolute Gasteiger partial charge is 0.0726 e. The first-order chi connectivity index (χ1) is 32.2. The van der Waals surface area contributed by atoms with Crippen LogP contribution >= 0.6 is 0 Å².